The Bertz CT molecular complexity index is 699. The zero-order valence-electron chi connectivity index (χ0n) is 13.8. The number of aliphatic carboxylic acids is 1. The lowest BCUT2D eigenvalue weighted by atomic mass is 9.96. The maximum Gasteiger partial charge on any atom is 0.344 e. The first-order valence-electron chi connectivity index (χ1n) is 8.48. The molecule has 0 saturated carbocycles. The topological polar surface area (TPSA) is 59.7 Å². The number of hydrogen-bond donors (Lipinski definition) is 1. The highest BCUT2D eigenvalue weighted by Gasteiger charge is 2.21. The Balaban J connectivity index is 1.80. The summed E-state index contributed by atoms with van der Waals surface area (Å²) < 4.78 is 11.7. The number of ether oxygens (including phenoxy) is 1. The van der Waals surface area contributed by atoms with Crippen molar-refractivity contribution < 1.29 is 19.1 Å². The van der Waals surface area contributed by atoms with Gasteiger partial charge in [0.25, 0.3) is 0 Å². The second-order valence-electron chi connectivity index (χ2n) is 6.78. The molecule has 0 aliphatic heterocycles. The predicted octanol–water partition coefficient (Wildman–Crippen LogP) is 4.58. The molecule has 0 amide bonds. The summed E-state index contributed by atoms with van der Waals surface area (Å²) >= 11 is 0. The summed E-state index contributed by atoms with van der Waals surface area (Å²) in [5.74, 6) is 1.20. The van der Waals surface area contributed by atoms with Crippen LogP contribution in [0.15, 0.2) is 22.6 Å². The van der Waals surface area contributed by atoms with Crippen LogP contribution >= 0.6 is 0 Å². The second kappa shape index (κ2) is 6.65. The van der Waals surface area contributed by atoms with Crippen LogP contribution in [0, 0.1) is 5.92 Å². The fraction of sp³-hybridized carbons (Fsp3) is 0.526. The normalized spacial score (nSPS) is 15.6. The molecular weight excluding hydrogens is 292 g/mol. The van der Waals surface area contributed by atoms with Crippen molar-refractivity contribution in [1.29, 1.82) is 0 Å². The summed E-state index contributed by atoms with van der Waals surface area (Å²) in [5, 5.41) is 10.5. The Morgan fingerprint density at radius 1 is 1.26 bits per heavy atom. The maximum atomic E-state index is 11.4. The van der Waals surface area contributed by atoms with Crippen LogP contribution < -0.4 is 4.74 Å². The Hall–Kier alpha value is -1.97. The van der Waals surface area contributed by atoms with Gasteiger partial charge in [-0.3, -0.25) is 0 Å². The van der Waals surface area contributed by atoms with Crippen LogP contribution in [0.1, 0.15) is 50.9 Å². The third-order valence-electron chi connectivity index (χ3n) is 4.49. The monoisotopic (exact) mass is 316 g/mol. The smallest absolute Gasteiger partial charge is 0.344 e. The van der Waals surface area contributed by atoms with Crippen LogP contribution in [0.3, 0.4) is 0 Å². The molecule has 3 rings (SSSR count). The Labute approximate surface area is 136 Å². The van der Waals surface area contributed by atoms with Crippen molar-refractivity contribution in [2.75, 3.05) is 0 Å². The number of carboxylic acid groups (broad SMARTS) is 1. The van der Waals surface area contributed by atoms with E-state index in [-0.39, 0.29) is 0 Å². The fourth-order valence-corrected chi connectivity index (χ4v) is 3.20. The predicted molar refractivity (Wildman–Crippen MR) is 89.0 cm³/mol. The lowest BCUT2D eigenvalue weighted by Crippen LogP contribution is -2.27. The third-order valence-corrected chi connectivity index (χ3v) is 4.49. The first-order chi connectivity index (χ1) is 11.0. The van der Waals surface area contributed by atoms with Crippen LogP contribution in [-0.4, -0.2) is 17.2 Å². The summed E-state index contributed by atoms with van der Waals surface area (Å²) in [4.78, 5) is 11.4. The number of hydrogen-bond acceptors (Lipinski definition) is 3. The second-order valence-corrected chi connectivity index (χ2v) is 6.78. The van der Waals surface area contributed by atoms with E-state index in [1.807, 2.05) is 18.2 Å². The zero-order chi connectivity index (χ0) is 16.4. The molecular formula is C19H24O4. The van der Waals surface area contributed by atoms with Crippen LogP contribution in [-0.2, 0) is 17.6 Å². The highest BCUT2D eigenvalue weighted by atomic mass is 16.5. The van der Waals surface area contributed by atoms with Gasteiger partial charge in [0, 0.05) is 23.4 Å². The molecule has 23 heavy (non-hydrogen) atoms. The van der Waals surface area contributed by atoms with Gasteiger partial charge in [0.2, 0.25) is 0 Å². The molecule has 1 atom stereocenters. The molecule has 2 aromatic rings. The third kappa shape index (κ3) is 3.52. The molecule has 4 nitrogen and oxygen atoms in total. The van der Waals surface area contributed by atoms with Crippen LogP contribution in [0.2, 0.25) is 0 Å². The van der Waals surface area contributed by atoms with E-state index in [0.29, 0.717) is 18.1 Å². The SMILES string of the molecule is CC(C)CCC(Oc1ccc2c3c(oc2c1)CCCC3)C(=O)O. The van der Waals surface area contributed by atoms with E-state index in [1.54, 1.807) is 0 Å². The summed E-state index contributed by atoms with van der Waals surface area (Å²) in [6.07, 6.45) is 4.97. The number of furan rings is 1. The number of aryl methyl sites for hydroxylation is 2. The average molecular weight is 316 g/mol. The van der Waals surface area contributed by atoms with Crippen LogP contribution in [0.25, 0.3) is 11.0 Å². The van der Waals surface area contributed by atoms with Crippen molar-refractivity contribution in [2.45, 2.75) is 58.5 Å². The minimum atomic E-state index is -0.913. The van der Waals surface area contributed by atoms with Gasteiger partial charge in [-0.2, -0.15) is 0 Å². The van der Waals surface area contributed by atoms with E-state index < -0.39 is 12.1 Å². The molecule has 124 valence electrons. The molecule has 0 fully saturated rings. The van der Waals surface area contributed by atoms with E-state index in [0.717, 1.165) is 36.0 Å². The summed E-state index contributed by atoms with van der Waals surface area (Å²) in [6, 6.07) is 5.69. The average Bonchev–Trinajstić information content (AvgIpc) is 2.88. The zero-order valence-corrected chi connectivity index (χ0v) is 13.8. The van der Waals surface area contributed by atoms with Crippen LogP contribution in [0.4, 0.5) is 0 Å². The summed E-state index contributed by atoms with van der Waals surface area (Å²) in [7, 11) is 0. The van der Waals surface area contributed by atoms with Gasteiger partial charge < -0.3 is 14.3 Å². The number of rotatable bonds is 6. The van der Waals surface area contributed by atoms with Gasteiger partial charge >= 0.3 is 5.97 Å². The Kier molecular flexibility index (Phi) is 4.60. The minimum absolute atomic E-state index is 0.458. The van der Waals surface area contributed by atoms with E-state index in [9.17, 15) is 9.90 Å². The van der Waals surface area contributed by atoms with Crippen molar-refractivity contribution in [3.05, 3.63) is 29.5 Å². The molecule has 0 saturated heterocycles. The molecule has 1 aromatic heterocycles. The molecule has 0 bridgehead atoms. The first kappa shape index (κ1) is 15.9. The largest absolute Gasteiger partial charge is 0.479 e. The molecule has 1 aliphatic rings. The highest BCUT2D eigenvalue weighted by Crippen LogP contribution is 2.34. The molecule has 1 aromatic carbocycles. The summed E-state index contributed by atoms with van der Waals surface area (Å²) in [6.45, 7) is 4.16. The molecule has 1 heterocycles. The lowest BCUT2D eigenvalue weighted by molar-refractivity contribution is -0.145. The van der Waals surface area contributed by atoms with Crippen molar-refractivity contribution >= 4 is 16.9 Å². The molecule has 0 radical (unpaired) electrons. The molecule has 1 N–H and O–H groups in total. The quantitative estimate of drug-likeness (QED) is 0.847. The number of carbonyl (C=O) groups is 1. The van der Waals surface area contributed by atoms with Crippen molar-refractivity contribution in [1.82, 2.24) is 0 Å². The van der Waals surface area contributed by atoms with E-state index in [2.05, 4.69) is 13.8 Å². The summed E-state index contributed by atoms with van der Waals surface area (Å²) in [5.41, 5.74) is 2.12. The number of fused-ring (bicyclic) bond motifs is 3. The Morgan fingerprint density at radius 3 is 2.78 bits per heavy atom. The first-order valence-corrected chi connectivity index (χ1v) is 8.48. The Morgan fingerprint density at radius 2 is 2.04 bits per heavy atom. The van der Waals surface area contributed by atoms with Gasteiger partial charge in [-0.1, -0.05) is 13.8 Å². The van der Waals surface area contributed by atoms with E-state index >= 15 is 0 Å². The van der Waals surface area contributed by atoms with E-state index in [4.69, 9.17) is 9.15 Å². The van der Waals surface area contributed by atoms with Gasteiger partial charge in [-0.05, 0) is 50.2 Å². The fourth-order valence-electron chi connectivity index (χ4n) is 3.20. The van der Waals surface area contributed by atoms with Crippen molar-refractivity contribution in [3.8, 4) is 5.75 Å². The van der Waals surface area contributed by atoms with Gasteiger partial charge in [-0.15, -0.1) is 0 Å². The van der Waals surface area contributed by atoms with E-state index in [1.165, 1.54) is 18.4 Å². The van der Waals surface area contributed by atoms with Gasteiger partial charge in [0.15, 0.2) is 6.10 Å². The molecule has 0 spiro atoms. The maximum absolute atomic E-state index is 11.4. The molecule has 4 heteroatoms. The van der Waals surface area contributed by atoms with Crippen molar-refractivity contribution in [3.63, 3.8) is 0 Å². The molecule has 1 unspecified atom stereocenters. The standard InChI is InChI=1S/C19H24O4/c1-12(2)7-10-17(19(20)21)22-13-8-9-15-14-5-3-4-6-16(14)23-18(15)11-13/h8-9,11-12,17H,3-7,10H2,1-2H3,(H,20,21). The van der Waals surface area contributed by atoms with Gasteiger partial charge in [0.1, 0.15) is 17.1 Å². The number of carboxylic acids is 1. The lowest BCUT2D eigenvalue weighted by Gasteiger charge is -2.16. The minimum Gasteiger partial charge on any atom is -0.479 e. The number of benzene rings is 1. The van der Waals surface area contributed by atoms with Gasteiger partial charge in [0.05, 0.1) is 0 Å². The highest BCUT2D eigenvalue weighted by molar-refractivity contribution is 5.84. The van der Waals surface area contributed by atoms with Gasteiger partial charge in [-0.25, -0.2) is 4.79 Å². The van der Waals surface area contributed by atoms with Crippen LogP contribution in [0.5, 0.6) is 5.75 Å². The van der Waals surface area contributed by atoms with Crippen molar-refractivity contribution in [2.24, 2.45) is 5.92 Å². The molecule has 1 aliphatic carbocycles.